The van der Waals surface area contributed by atoms with Crippen LogP contribution in [0, 0.1) is 12.8 Å². The van der Waals surface area contributed by atoms with Crippen LogP contribution in [0.15, 0.2) is 18.2 Å². The van der Waals surface area contributed by atoms with Gasteiger partial charge >= 0.3 is 5.97 Å². The van der Waals surface area contributed by atoms with E-state index in [-0.39, 0.29) is 0 Å². The molecule has 0 radical (unpaired) electrons. The first-order valence-electron chi connectivity index (χ1n) is 6.16. The van der Waals surface area contributed by atoms with Crippen molar-refractivity contribution in [3.63, 3.8) is 0 Å². The molecule has 3 nitrogen and oxygen atoms in total. The van der Waals surface area contributed by atoms with Crippen LogP contribution in [0.5, 0.6) is 0 Å². The van der Waals surface area contributed by atoms with Crippen molar-refractivity contribution in [1.29, 1.82) is 0 Å². The highest BCUT2D eigenvalue weighted by Crippen LogP contribution is 2.28. The Bertz CT molecular complexity index is 428. The number of carboxylic acids is 1. The van der Waals surface area contributed by atoms with Crippen molar-refractivity contribution in [1.82, 2.24) is 0 Å². The maximum atomic E-state index is 11.2. The molecule has 2 rings (SSSR count). The number of benzene rings is 1. The molecular formula is C14H19NO2. The summed E-state index contributed by atoms with van der Waals surface area (Å²) >= 11 is 0. The predicted octanol–water partition coefficient (Wildman–Crippen LogP) is 3.29. The van der Waals surface area contributed by atoms with Gasteiger partial charge in [0.25, 0.3) is 0 Å². The third-order valence-electron chi connectivity index (χ3n) is 3.46. The van der Waals surface area contributed by atoms with Crippen molar-refractivity contribution in [2.75, 3.05) is 5.32 Å². The Morgan fingerprint density at radius 2 is 2.18 bits per heavy atom. The zero-order valence-corrected chi connectivity index (χ0v) is 10.4. The Labute approximate surface area is 102 Å². The van der Waals surface area contributed by atoms with Gasteiger partial charge in [-0.15, -0.1) is 0 Å². The molecule has 1 fully saturated rings. The highest BCUT2D eigenvalue weighted by atomic mass is 16.4. The third kappa shape index (κ3) is 2.78. The van der Waals surface area contributed by atoms with Crippen molar-refractivity contribution >= 4 is 11.7 Å². The van der Waals surface area contributed by atoms with Crippen LogP contribution in [-0.2, 0) is 0 Å². The number of hydrogen-bond acceptors (Lipinski definition) is 2. The second kappa shape index (κ2) is 4.78. The van der Waals surface area contributed by atoms with E-state index in [2.05, 4.69) is 12.2 Å². The molecule has 2 unspecified atom stereocenters. The van der Waals surface area contributed by atoms with Gasteiger partial charge in [0, 0.05) is 11.7 Å². The first-order chi connectivity index (χ1) is 8.06. The predicted molar refractivity (Wildman–Crippen MR) is 68.6 cm³/mol. The van der Waals surface area contributed by atoms with Gasteiger partial charge in [-0.1, -0.05) is 18.6 Å². The summed E-state index contributed by atoms with van der Waals surface area (Å²) in [7, 11) is 0. The highest BCUT2D eigenvalue weighted by Gasteiger charge is 2.22. The van der Waals surface area contributed by atoms with E-state index in [1.807, 2.05) is 19.1 Å². The zero-order chi connectivity index (χ0) is 12.4. The number of hydrogen-bond donors (Lipinski definition) is 2. The van der Waals surface area contributed by atoms with Gasteiger partial charge < -0.3 is 10.4 Å². The van der Waals surface area contributed by atoms with E-state index in [9.17, 15) is 9.90 Å². The lowest BCUT2D eigenvalue weighted by molar-refractivity contribution is 0.0698. The molecule has 0 spiro atoms. The Hall–Kier alpha value is -1.51. The highest BCUT2D eigenvalue weighted by molar-refractivity contribution is 5.94. The molecule has 2 atom stereocenters. The topological polar surface area (TPSA) is 49.3 Å². The first-order valence-corrected chi connectivity index (χ1v) is 6.16. The van der Waals surface area contributed by atoms with Gasteiger partial charge in [-0.3, -0.25) is 0 Å². The van der Waals surface area contributed by atoms with Crippen molar-refractivity contribution in [3.05, 3.63) is 29.3 Å². The lowest BCUT2D eigenvalue weighted by Crippen LogP contribution is -2.17. The zero-order valence-electron chi connectivity index (χ0n) is 10.4. The van der Waals surface area contributed by atoms with Crippen molar-refractivity contribution in [2.45, 2.75) is 39.2 Å². The average molecular weight is 233 g/mol. The first kappa shape index (κ1) is 12.0. The van der Waals surface area contributed by atoms with Crippen LogP contribution in [0.2, 0.25) is 0 Å². The number of aryl methyl sites for hydroxylation is 1. The molecule has 92 valence electrons. The third-order valence-corrected chi connectivity index (χ3v) is 3.46. The van der Waals surface area contributed by atoms with Crippen LogP contribution >= 0.6 is 0 Å². The minimum absolute atomic E-state index is 0.379. The van der Waals surface area contributed by atoms with Crippen LogP contribution in [-0.4, -0.2) is 17.1 Å². The summed E-state index contributed by atoms with van der Waals surface area (Å²) in [5.74, 6) is -0.117. The number of rotatable bonds is 3. The Balaban J connectivity index is 2.17. The van der Waals surface area contributed by atoms with Crippen molar-refractivity contribution in [2.24, 2.45) is 5.92 Å². The van der Waals surface area contributed by atoms with Crippen LogP contribution in [0.25, 0.3) is 0 Å². The molecule has 0 aromatic heterocycles. The molecule has 0 amide bonds. The van der Waals surface area contributed by atoms with E-state index in [1.165, 1.54) is 6.42 Å². The molecular weight excluding hydrogens is 214 g/mol. The molecule has 1 aliphatic rings. The molecule has 0 saturated heterocycles. The maximum Gasteiger partial charge on any atom is 0.337 e. The van der Waals surface area contributed by atoms with Gasteiger partial charge in [0.1, 0.15) is 0 Å². The summed E-state index contributed by atoms with van der Waals surface area (Å²) in [6, 6.07) is 5.98. The Morgan fingerprint density at radius 3 is 2.76 bits per heavy atom. The average Bonchev–Trinajstić information content (AvgIpc) is 2.66. The van der Waals surface area contributed by atoms with E-state index in [0.29, 0.717) is 11.6 Å². The molecule has 17 heavy (non-hydrogen) atoms. The van der Waals surface area contributed by atoms with Gasteiger partial charge in [-0.25, -0.2) is 4.79 Å². The summed E-state index contributed by atoms with van der Waals surface area (Å²) in [5, 5.41) is 12.5. The van der Waals surface area contributed by atoms with Crippen LogP contribution in [0.4, 0.5) is 5.69 Å². The van der Waals surface area contributed by atoms with Gasteiger partial charge in [-0.2, -0.15) is 0 Å². The van der Waals surface area contributed by atoms with E-state index >= 15 is 0 Å². The summed E-state index contributed by atoms with van der Waals surface area (Å²) < 4.78 is 0. The van der Waals surface area contributed by atoms with E-state index in [1.54, 1.807) is 6.07 Å². The number of anilines is 1. The fourth-order valence-electron chi connectivity index (χ4n) is 2.52. The Kier molecular flexibility index (Phi) is 3.36. The van der Waals surface area contributed by atoms with Gasteiger partial charge in [0.05, 0.1) is 5.56 Å². The normalized spacial score (nSPS) is 23.6. The fraction of sp³-hybridized carbons (Fsp3) is 0.500. The van der Waals surface area contributed by atoms with Crippen LogP contribution in [0.1, 0.15) is 42.1 Å². The Morgan fingerprint density at radius 1 is 1.41 bits per heavy atom. The number of carboxylic acid groups (broad SMARTS) is 1. The second-order valence-electron chi connectivity index (χ2n) is 5.11. The summed E-state index contributed by atoms with van der Waals surface area (Å²) in [6.07, 6.45) is 3.49. The minimum Gasteiger partial charge on any atom is -0.478 e. The molecule has 1 aromatic carbocycles. The lowest BCUT2D eigenvalue weighted by Gasteiger charge is -2.16. The second-order valence-corrected chi connectivity index (χ2v) is 5.11. The molecule has 0 aliphatic heterocycles. The van der Waals surface area contributed by atoms with E-state index in [4.69, 9.17) is 0 Å². The quantitative estimate of drug-likeness (QED) is 0.842. The van der Waals surface area contributed by atoms with Crippen LogP contribution in [0.3, 0.4) is 0 Å². The molecule has 1 aliphatic carbocycles. The van der Waals surface area contributed by atoms with E-state index < -0.39 is 5.97 Å². The standard InChI is InChI=1S/C14H19NO2/c1-9-3-5-11(7-9)15-13-6-4-10(2)8-12(13)14(16)17/h4,6,8-9,11,15H,3,5,7H2,1-2H3,(H,16,17). The minimum atomic E-state index is -0.859. The smallest absolute Gasteiger partial charge is 0.337 e. The molecule has 3 heteroatoms. The maximum absolute atomic E-state index is 11.2. The van der Waals surface area contributed by atoms with Gasteiger partial charge in [-0.05, 0) is 44.2 Å². The monoisotopic (exact) mass is 233 g/mol. The van der Waals surface area contributed by atoms with E-state index in [0.717, 1.165) is 30.0 Å². The molecule has 2 N–H and O–H groups in total. The lowest BCUT2D eigenvalue weighted by atomic mass is 10.1. The molecule has 1 aromatic rings. The number of nitrogens with one attached hydrogen (secondary N) is 1. The molecule has 0 bridgehead atoms. The SMILES string of the molecule is Cc1ccc(NC2CCC(C)C2)c(C(=O)O)c1. The molecule has 1 saturated carbocycles. The summed E-state index contributed by atoms with van der Waals surface area (Å²) in [4.78, 5) is 11.2. The summed E-state index contributed by atoms with van der Waals surface area (Å²) in [6.45, 7) is 4.16. The largest absolute Gasteiger partial charge is 0.478 e. The van der Waals surface area contributed by atoms with Crippen molar-refractivity contribution in [3.8, 4) is 0 Å². The molecule has 0 heterocycles. The van der Waals surface area contributed by atoms with Gasteiger partial charge in [0.2, 0.25) is 0 Å². The van der Waals surface area contributed by atoms with Crippen molar-refractivity contribution < 1.29 is 9.90 Å². The summed E-state index contributed by atoms with van der Waals surface area (Å²) in [5.41, 5.74) is 2.11. The van der Waals surface area contributed by atoms with Gasteiger partial charge in [0.15, 0.2) is 0 Å². The number of carbonyl (C=O) groups is 1. The fourth-order valence-corrected chi connectivity index (χ4v) is 2.52. The number of aromatic carboxylic acids is 1. The van der Waals surface area contributed by atoms with Crippen LogP contribution < -0.4 is 5.32 Å².